The molecule has 0 spiro atoms. The van der Waals surface area contributed by atoms with Crippen LogP contribution in [0.2, 0.25) is 0 Å². The molecular formula is C17H25N3. The van der Waals surface area contributed by atoms with E-state index in [1.165, 1.54) is 24.8 Å². The monoisotopic (exact) mass is 271 g/mol. The summed E-state index contributed by atoms with van der Waals surface area (Å²) in [6.07, 6.45) is 8.75. The van der Waals surface area contributed by atoms with Crippen molar-refractivity contribution in [3.05, 3.63) is 48.0 Å². The normalized spacial score (nSPS) is 10.7. The molecule has 0 aliphatic carbocycles. The Balaban J connectivity index is 1.88. The summed E-state index contributed by atoms with van der Waals surface area (Å²) in [7, 11) is 0. The molecule has 0 saturated carbocycles. The first kappa shape index (κ1) is 14.6. The minimum absolute atomic E-state index is 0.779. The fourth-order valence-electron chi connectivity index (χ4n) is 2.30. The van der Waals surface area contributed by atoms with E-state index >= 15 is 0 Å². The lowest BCUT2D eigenvalue weighted by atomic mass is 10.1. The third kappa shape index (κ3) is 4.12. The van der Waals surface area contributed by atoms with Crippen molar-refractivity contribution in [3.8, 4) is 0 Å². The zero-order valence-corrected chi connectivity index (χ0v) is 12.6. The van der Waals surface area contributed by atoms with Gasteiger partial charge in [0, 0.05) is 24.6 Å². The summed E-state index contributed by atoms with van der Waals surface area (Å²) in [6, 6.07) is 8.77. The molecule has 1 N–H and O–H groups in total. The van der Waals surface area contributed by atoms with Crippen LogP contribution in [0.1, 0.15) is 44.5 Å². The quantitative estimate of drug-likeness (QED) is 0.778. The third-order valence-electron chi connectivity index (χ3n) is 3.49. The lowest BCUT2D eigenvalue weighted by Gasteiger charge is -2.09. The Kier molecular flexibility index (Phi) is 5.66. The van der Waals surface area contributed by atoms with Crippen molar-refractivity contribution >= 4 is 5.69 Å². The Morgan fingerprint density at radius 2 is 1.90 bits per heavy atom. The van der Waals surface area contributed by atoms with E-state index in [1.807, 2.05) is 12.4 Å². The van der Waals surface area contributed by atoms with Gasteiger partial charge in [-0.05, 0) is 37.0 Å². The van der Waals surface area contributed by atoms with E-state index in [0.29, 0.717) is 0 Å². The second-order valence-corrected chi connectivity index (χ2v) is 5.19. The Labute approximate surface area is 122 Å². The van der Waals surface area contributed by atoms with Gasteiger partial charge in [0.15, 0.2) is 0 Å². The lowest BCUT2D eigenvalue weighted by molar-refractivity contribution is 0.644. The van der Waals surface area contributed by atoms with Gasteiger partial charge in [-0.2, -0.15) is 0 Å². The van der Waals surface area contributed by atoms with Crippen LogP contribution in [-0.2, 0) is 19.5 Å². The van der Waals surface area contributed by atoms with Crippen molar-refractivity contribution in [1.29, 1.82) is 0 Å². The van der Waals surface area contributed by atoms with Crippen LogP contribution in [0.25, 0.3) is 0 Å². The number of rotatable bonds is 8. The maximum absolute atomic E-state index is 4.41. The molecule has 0 amide bonds. The number of anilines is 1. The van der Waals surface area contributed by atoms with E-state index in [0.717, 1.165) is 31.0 Å². The highest BCUT2D eigenvalue weighted by Crippen LogP contribution is 2.13. The second kappa shape index (κ2) is 7.73. The number of benzene rings is 1. The summed E-state index contributed by atoms with van der Waals surface area (Å²) in [4.78, 5) is 4.41. The highest BCUT2D eigenvalue weighted by molar-refractivity contribution is 5.44. The lowest BCUT2D eigenvalue weighted by Crippen LogP contribution is -2.08. The summed E-state index contributed by atoms with van der Waals surface area (Å²) in [5.74, 6) is 1.10. The fraction of sp³-hybridized carbons (Fsp3) is 0.471. The van der Waals surface area contributed by atoms with Crippen LogP contribution in [0, 0.1) is 0 Å². The van der Waals surface area contributed by atoms with Crippen molar-refractivity contribution < 1.29 is 0 Å². The summed E-state index contributed by atoms with van der Waals surface area (Å²) in [5, 5.41) is 3.45. The van der Waals surface area contributed by atoms with Crippen molar-refractivity contribution in [2.75, 3.05) is 5.32 Å². The average molecular weight is 271 g/mol. The number of hydrogen-bond donors (Lipinski definition) is 1. The van der Waals surface area contributed by atoms with Gasteiger partial charge in [0.05, 0.1) is 6.54 Å². The van der Waals surface area contributed by atoms with Crippen molar-refractivity contribution in [2.45, 2.75) is 52.6 Å². The van der Waals surface area contributed by atoms with Gasteiger partial charge in [0.1, 0.15) is 5.82 Å². The molecular weight excluding hydrogens is 246 g/mol. The van der Waals surface area contributed by atoms with Crippen molar-refractivity contribution in [2.24, 2.45) is 0 Å². The van der Waals surface area contributed by atoms with Crippen LogP contribution in [0.4, 0.5) is 5.69 Å². The molecule has 0 aliphatic heterocycles. The zero-order valence-electron chi connectivity index (χ0n) is 12.6. The first-order valence-corrected chi connectivity index (χ1v) is 7.66. The molecule has 3 nitrogen and oxygen atoms in total. The van der Waals surface area contributed by atoms with E-state index in [1.54, 1.807) is 0 Å². The number of imidazole rings is 1. The molecule has 0 bridgehead atoms. The van der Waals surface area contributed by atoms with Crippen LogP contribution in [0.3, 0.4) is 0 Å². The summed E-state index contributed by atoms with van der Waals surface area (Å²) in [6.45, 7) is 6.23. The van der Waals surface area contributed by atoms with Gasteiger partial charge in [-0.3, -0.25) is 0 Å². The van der Waals surface area contributed by atoms with Gasteiger partial charge < -0.3 is 9.88 Å². The number of aromatic nitrogens is 2. The minimum atomic E-state index is 0.779. The molecule has 1 aromatic carbocycles. The number of hydrogen-bond acceptors (Lipinski definition) is 2. The summed E-state index contributed by atoms with van der Waals surface area (Å²) < 4.78 is 2.21. The molecule has 0 unspecified atom stereocenters. The van der Waals surface area contributed by atoms with Gasteiger partial charge in [-0.15, -0.1) is 0 Å². The Morgan fingerprint density at radius 3 is 2.60 bits per heavy atom. The molecule has 0 saturated heterocycles. The SMILES string of the molecule is CCCCc1ccc(NCc2nccn2CCC)cc1. The van der Waals surface area contributed by atoms with E-state index in [2.05, 4.69) is 53.0 Å². The zero-order chi connectivity index (χ0) is 14.2. The van der Waals surface area contributed by atoms with E-state index in [-0.39, 0.29) is 0 Å². The highest BCUT2D eigenvalue weighted by Gasteiger charge is 2.01. The van der Waals surface area contributed by atoms with Crippen molar-refractivity contribution in [1.82, 2.24) is 9.55 Å². The van der Waals surface area contributed by atoms with E-state index in [4.69, 9.17) is 0 Å². The molecule has 0 aliphatic rings. The minimum Gasteiger partial charge on any atom is -0.378 e. The molecule has 108 valence electrons. The molecule has 0 radical (unpaired) electrons. The smallest absolute Gasteiger partial charge is 0.128 e. The first-order chi connectivity index (χ1) is 9.83. The van der Waals surface area contributed by atoms with Crippen LogP contribution >= 0.6 is 0 Å². The molecule has 0 atom stereocenters. The third-order valence-corrected chi connectivity index (χ3v) is 3.49. The van der Waals surface area contributed by atoms with E-state index in [9.17, 15) is 0 Å². The molecule has 2 aromatic rings. The summed E-state index contributed by atoms with van der Waals surface area (Å²) >= 11 is 0. The number of aryl methyl sites for hydroxylation is 2. The largest absolute Gasteiger partial charge is 0.378 e. The van der Waals surface area contributed by atoms with Gasteiger partial charge in [0.2, 0.25) is 0 Å². The molecule has 0 fully saturated rings. The summed E-state index contributed by atoms with van der Waals surface area (Å²) in [5.41, 5.74) is 2.58. The standard InChI is InChI=1S/C17H25N3/c1-3-5-6-15-7-9-16(10-8-15)19-14-17-18-11-13-20(17)12-4-2/h7-11,13,19H,3-6,12,14H2,1-2H3. The Bertz CT molecular complexity index is 499. The molecule has 20 heavy (non-hydrogen) atoms. The maximum atomic E-state index is 4.41. The molecule has 3 heteroatoms. The van der Waals surface area contributed by atoms with Crippen molar-refractivity contribution in [3.63, 3.8) is 0 Å². The Morgan fingerprint density at radius 1 is 1.10 bits per heavy atom. The maximum Gasteiger partial charge on any atom is 0.128 e. The van der Waals surface area contributed by atoms with E-state index < -0.39 is 0 Å². The molecule has 1 aromatic heterocycles. The van der Waals surface area contributed by atoms with Crippen LogP contribution in [0.15, 0.2) is 36.7 Å². The first-order valence-electron chi connectivity index (χ1n) is 7.66. The molecule has 2 rings (SSSR count). The predicted molar refractivity (Wildman–Crippen MR) is 84.9 cm³/mol. The van der Waals surface area contributed by atoms with Gasteiger partial charge in [-0.1, -0.05) is 32.4 Å². The second-order valence-electron chi connectivity index (χ2n) is 5.19. The van der Waals surface area contributed by atoms with Crippen LogP contribution < -0.4 is 5.32 Å². The van der Waals surface area contributed by atoms with Gasteiger partial charge in [-0.25, -0.2) is 4.98 Å². The Hall–Kier alpha value is -1.77. The number of unbranched alkanes of at least 4 members (excludes halogenated alkanes) is 1. The number of nitrogens with zero attached hydrogens (tertiary/aromatic N) is 2. The van der Waals surface area contributed by atoms with Crippen LogP contribution in [-0.4, -0.2) is 9.55 Å². The topological polar surface area (TPSA) is 29.9 Å². The number of nitrogens with one attached hydrogen (secondary N) is 1. The van der Waals surface area contributed by atoms with Gasteiger partial charge >= 0.3 is 0 Å². The van der Waals surface area contributed by atoms with Gasteiger partial charge in [0.25, 0.3) is 0 Å². The van der Waals surface area contributed by atoms with Crippen LogP contribution in [0.5, 0.6) is 0 Å². The highest BCUT2D eigenvalue weighted by atomic mass is 15.1. The predicted octanol–water partition coefficient (Wildman–Crippen LogP) is 4.25. The fourth-order valence-corrected chi connectivity index (χ4v) is 2.30. The average Bonchev–Trinajstić information content (AvgIpc) is 2.92. The molecule has 1 heterocycles.